The lowest BCUT2D eigenvalue weighted by Crippen LogP contribution is -1.79. The zero-order chi connectivity index (χ0) is 11.7. The summed E-state index contributed by atoms with van der Waals surface area (Å²) in [6, 6.07) is 18.0. The van der Waals surface area contributed by atoms with Gasteiger partial charge in [-0.15, -0.1) is 0 Å². The van der Waals surface area contributed by atoms with E-state index in [0.29, 0.717) is 5.76 Å². The summed E-state index contributed by atoms with van der Waals surface area (Å²) in [6.45, 7) is -0.0647. The Labute approximate surface area is 99.1 Å². The highest BCUT2D eigenvalue weighted by molar-refractivity contribution is 5.95. The van der Waals surface area contributed by atoms with Gasteiger partial charge in [-0.3, -0.25) is 0 Å². The molecule has 0 aliphatic heterocycles. The Morgan fingerprint density at radius 1 is 0.882 bits per heavy atom. The van der Waals surface area contributed by atoms with Gasteiger partial charge in [0.15, 0.2) is 0 Å². The quantitative estimate of drug-likeness (QED) is 0.721. The molecule has 0 spiro atoms. The average Bonchev–Trinajstić information content (AvgIpc) is 2.87. The molecule has 3 rings (SSSR count). The van der Waals surface area contributed by atoms with Crippen molar-refractivity contribution < 1.29 is 9.52 Å². The van der Waals surface area contributed by atoms with Crippen LogP contribution < -0.4 is 0 Å². The Hall–Kier alpha value is -2.06. The molecule has 17 heavy (non-hydrogen) atoms. The summed E-state index contributed by atoms with van der Waals surface area (Å²) in [5.74, 6) is 1.39. The van der Waals surface area contributed by atoms with Crippen molar-refractivity contribution in [3.05, 3.63) is 60.4 Å². The van der Waals surface area contributed by atoms with Crippen LogP contribution in [0.5, 0.6) is 0 Å². The third kappa shape index (κ3) is 1.73. The van der Waals surface area contributed by atoms with Gasteiger partial charge in [-0.05, 0) is 22.9 Å². The van der Waals surface area contributed by atoms with Crippen molar-refractivity contribution in [3.8, 4) is 11.3 Å². The van der Waals surface area contributed by atoms with Gasteiger partial charge in [-0.2, -0.15) is 0 Å². The Morgan fingerprint density at radius 3 is 2.53 bits per heavy atom. The fourth-order valence-electron chi connectivity index (χ4n) is 2.05. The maximum Gasteiger partial charge on any atom is 0.135 e. The lowest BCUT2D eigenvalue weighted by Gasteiger charge is -2.03. The first-order chi connectivity index (χ1) is 8.38. The van der Waals surface area contributed by atoms with Gasteiger partial charge in [-0.1, -0.05) is 42.5 Å². The highest BCUT2D eigenvalue weighted by Gasteiger charge is 2.07. The number of fused-ring (bicyclic) bond motifs is 1. The second-order valence-corrected chi connectivity index (χ2v) is 3.95. The number of rotatable bonds is 2. The van der Waals surface area contributed by atoms with Gasteiger partial charge in [0, 0.05) is 5.56 Å². The topological polar surface area (TPSA) is 33.4 Å². The minimum atomic E-state index is -0.0647. The molecule has 1 N–H and O–H groups in total. The highest BCUT2D eigenvalue weighted by atomic mass is 16.4. The number of aliphatic hydroxyl groups excluding tert-OH is 1. The summed E-state index contributed by atoms with van der Waals surface area (Å²) in [7, 11) is 0. The van der Waals surface area contributed by atoms with Crippen LogP contribution in [0.2, 0.25) is 0 Å². The van der Waals surface area contributed by atoms with Crippen LogP contribution in [0.1, 0.15) is 5.76 Å². The Morgan fingerprint density at radius 2 is 1.71 bits per heavy atom. The van der Waals surface area contributed by atoms with Crippen molar-refractivity contribution in [1.29, 1.82) is 0 Å². The van der Waals surface area contributed by atoms with E-state index in [4.69, 9.17) is 9.52 Å². The number of hydrogen-bond donors (Lipinski definition) is 1. The predicted octanol–water partition coefficient (Wildman–Crippen LogP) is 3.59. The van der Waals surface area contributed by atoms with Crippen molar-refractivity contribution in [2.24, 2.45) is 0 Å². The summed E-state index contributed by atoms with van der Waals surface area (Å²) < 4.78 is 5.58. The molecule has 0 atom stereocenters. The largest absolute Gasteiger partial charge is 0.459 e. The van der Waals surface area contributed by atoms with E-state index in [0.717, 1.165) is 16.7 Å². The summed E-state index contributed by atoms with van der Waals surface area (Å²) >= 11 is 0. The standard InChI is InChI=1S/C15H12O2/c16-10-12-8-9-15(17-12)14-7-3-5-11-4-1-2-6-13(11)14/h1-9,16H,10H2. The zero-order valence-corrected chi connectivity index (χ0v) is 9.26. The molecule has 0 aliphatic rings. The normalized spacial score (nSPS) is 10.9. The smallest absolute Gasteiger partial charge is 0.135 e. The van der Waals surface area contributed by atoms with Crippen LogP contribution in [0, 0.1) is 0 Å². The molecule has 2 aromatic carbocycles. The van der Waals surface area contributed by atoms with Gasteiger partial charge in [0.05, 0.1) is 0 Å². The predicted molar refractivity (Wildman–Crippen MR) is 67.6 cm³/mol. The number of aliphatic hydroxyl groups is 1. The van der Waals surface area contributed by atoms with Gasteiger partial charge in [0.25, 0.3) is 0 Å². The fourth-order valence-corrected chi connectivity index (χ4v) is 2.05. The van der Waals surface area contributed by atoms with Crippen molar-refractivity contribution in [2.45, 2.75) is 6.61 Å². The van der Waals surface area contributed by atoms with E-state index >= 15 is 0 Å². The Balaban J connectivity index is 2.23. The van der Waals surface area contributed by atoms with Gasteiger partial charge < -0.3 is 9.52 Å². The SMILES string of the molecule is OCc1ccc(-c2cccc3ccccc23)o1. The van der Waals surface area contributed by atoms with Crippen LogP contribution in [0.3, 0.4) is 0 Å². The maximum absolute atomic E-state index is 9.02. The summed E-state index contributed by atoms with van der Waals surface area (Å²) in [5, 5.41) is 11.4. The van der Waals surface area contributed by atoms with Crippen molar-refractivity contribution in [1.82, 2.24) is 0 Å². The lowest BCUT2D eigenvalue weighted by atomic mass is 10.0. The molecule has 0 bridgehead atoms. The number of benzene rings is 2. The Kier molecular flexibility index (Phi) is 2.42. The van der Waals surface area contributed by atoms with E-state index in [9.17, 15) is 0 Å². The van der Waals surface area contributed by atoms with E-state index in [1.54, 1.807) is 6.07 Å². The molecule has 0 saturated carbocycles. The first kappa shape index (κ1) is 10.1. The van der Waals surface area contributed by atoms with Crippen molar-refractivity contribution >= 4 is 10.8 Å². The summed E-state index contributed by atoms with van der Waals surface area (Å²) in [4.78, 5) is 0. The summed E-state index contributed by atoms with van der Waals surface area (Å²) in [5.41, 5.74) is 1.06. The van der Waals surface area contributed by atoms with E-state index in [-0.39, 0.29) is 6.61 Å². The van der Waals surface area contributed by atoms with Crippen molar-refractivity contribution in [2.75, 3.05) is 0 Å². The highest BCUT2D eigenvalue weighted by Crippen LogP contribution is 2.29. The third-order valence-corrected chi connectivity index (χ3v) is 2.87. The molecule has 1 heterocycles. The van der Waals surface area contributed by atoms with Crippen LogP contribution in [-0.2, 0) is 6.61 Å². The molecule has 2 nitrogen and oxygen atoms in total. The number of furan rings is 1. The fraction of sp³-hybridized carbons (Fsp3) is 0.0667. The average molecular weight is 224 g/mol. The molecule has 0 amide bonds. The molecule has 0 saturated heterocycles. The second kappa shape index (κ2) is 4.07. The Bertz CT molecular complexity index is 647. The minimum Gasteiger partial charge on any atom is -0.459 e. The van der Waals surface area contributed by atoms with Crippen LogP contribution in [0.15, 0.2) is 59.0 Å². The lowest BCUT2D eigenvalue weighted by molar-refractivity contribution is 0.248. The molecule has 84 valence electrons. The van der Waals surface area contributed by atoms with E-state index in [1.165, 1.54) is 5.39 Å². The zero-order valence-electron chi connectivity index (χ0n) is 9.26. The monoisotopic (exact) mass is 224 g/mol. The maximum atomic E-state index is 9.02. The van der Waals surface area contributed by atoms with Gasteiger partial charge in [0.1, 0.15) is 18.1 Å². The van der Waals surface area contributed by atoms with Gasteiger partial charge >= 0.3 is 0 Å². The first-order valence-corrected chi connectivity index (χ1v) is 5.56. The minimum absolute atomic E-state index is 0.0647. The van der Waals surface area contributed by atoms with Crippen molar-refractivity contribution in [3.63, 3.8) is 0 Å². The van der Waals surface area contributed by atoms with Crippen LogP contribution in [0.4, 0.5) is 0 Å². The molecule has 2 heteroatoms. The molecule has 1 aromatic heterocycles. The van der Waals surface area contributed by atoms with Crippen LogP contribution in [-0.4, -0.2) is 5.11 Å². The molecule has 3 aromatic rings. The number of hydrogen-bond acceptors (Lipinski definition) is 2. The van der Waals surface area contributed by atoms with E-state index < -0.39 is 0 Å². The van der Waals surface area contributed by atoms with E-state index in [2.05, 4.69) is 18.2 Å². The van der Waals surface area contributed by atoms with Gasteiger partial charge in [0.2, 0.25) is 0 Å². The molecular formula is C15H12O2. The van der Waals surface area contributed by atoms with E-state index in [1.807, 2.05) is 30.3 Å². The molecular weight excluding hydrogens is 212 g/mol. The van der Waals surface area contributed by atoms with Crippen LogP contribution >= 0.6 is 0 Å². The van der Waals surface area contributed by atoms with Crippen LogP contribution in [0.25, 0.3) is 22.1 Å². The second-order valence-electron chi connectivity index (χ2n) is 3.95. The molecule has 0 radical (unpaired) electrons. The summed E-state index contributed by atoms with van der Waals surface area (Å²) in [6.07, 6.45) is 0. The molecule has 0 aliphatic carbocycles. The third-order valence-electron chi connectivity index (χ3n) is 2.87. The molecule has 0 fully saturated rings. The first-order valence-electron chi connectivity index (χ1n) is 5.56. The van der Waals surface area contributed by atoms with Gasteiger partial charge in [-0.25, -0.2) is 0 Å². The molecule has 0 unspecified atom stereocenters.